The molecule has 1 aromatic heterocycles. The van der Waals surface area contributed by atoms with Crippen LogP contribution in [0.25, 0.3) is 0 Å². The van der Waals surface area contributed by atoms with E-state index in [1.54, 1.807) is 6.33 Å². The molecule has 132 valence electrons. The molecular formula is C18H29N5O. The van der Waals surface area contributed by atoms with Crippen molar-refractivity contribution in [3.63, 3.8) is 0 Å². The monoisotopic (exact) mass is 331 g/mol. The number of nitrogen functional groups attached to an aromatic ring is 1. The van der Waals surface area contributed by atoms with Crippen molar-refractivity contribution in [2.24, 2.45) is 17.8 Å². The number of ether oxygens (including phenoxy) is 1. The van der Waals surface area contributed by atoms with Crippen molar-refractivity contribution in [2.75, 3.05) is 44.4 Å². The highest BCUT2D eigenvalue weighted by Crippen LogP contribution is 2.41. The molecule has 0 bridgehead atoms. The third kappa shape index (κ3) is 3.35. The summed E-state index contributed by atoms with van der Waals surface area (Å²) in [6.07, 6.45) is 7.03. The molecule has 3 aliphatic rings. The molecule has 2 heterocycles. The standard InChI is InChI=1S/C18H29N5O/c1-22(2)15-5-13-8-23(18-7-17(19)20-11-21-18)9-14(13)6-16(15)24-10-12-3-4-12/h7,11-16H,3-6,8-10H2,1-2H3,(H2,19,20,21)/t13-,14+,15-,16-/m1/s1. The van der Waals surface area contributed by atoms with E-state index in [1.165, 1.54) is 19.3 Å². The number of anilines is 2. The molecule has 4 atom stereocenters. The first kappa shape index (κ1) is 16.1. The highest BCUT2D eigenvalue weighted by Gasteiger charge is 2.44. The number of rotatable bonds is 5. The van der Waals surface area contributed by atoms with Gasteiger partial charge in [-0.3, -0.25) is 0 Å². The maximum atomic E-state index is 6.34. The fraction of sp³-hybridized carbons (Fsp3) is 0.778. The van der Waals surface area contributed by atoms with Gasteiger partial charge >= 0.3 is 0 Å². The number of nitrogens with zero attached hydrogens (tertiary/aromatic N) is 4. The van der Waals surface area contributed by atoms with Gasteiger partial charge in [0.2, 0.25) is 0 Å². The molecule has 6 heteroatoms. The Labute approximate surface area is 144 Å². The lowest BCUT2D eigenvalue weighted by atomic mass is 9.77. The number of likely N-dealkylation sites (N-methyl/N-ethyl adjacent to an activating group) is 1. The molecule has 2 aliphatic carbocycles. The van der Waals surface area contributed by atoms with Gasteiger partial charge < -0.3 is 20.3 Å². The molecule has 6 nitrogen and oxygen atoms in total. The Bertz CT molecular complexity index is 576. The Morgan fingerprint density at radius 1 is 1.21 bits per heavy atom. The predicted octanol–water partition coefficient (Wildman–Crippen LogP) is 1.63. The molecule has 1 saturated heterocycles. The van der Waals surface area contributed by atoms with Gasteiger partial charge in [-0.2, -0.15) is 0 Å². The van der Waals surface area contributed by atoms with Gasteiger partial charge in [-0.1, -0.05) is 0 Å². The molecule has 0 spiro atoms. The van der Waals surface area contributed by atoms with Gasteiger partial charge in [0.15, 0.2) is 0 Å². The van der Waals surface area contributed by atoms with Crippen molar-refractivity contribution in [1.29, 1.82) is 0 Å². The van der Waals surface area contributed by atoms with Gasteiger partial charge in [0.25, 0.3) is 0 Å². The summed E-state index contributed by atoms with van der Waals surface area (Å²) >= 11 is 0. The largest absolute Gasteiger partial charge is 0.384 e. The van der Waals surface area contributed by atoms with Crippen LogP contribution >= 0.6 is 0 Å². The average Bonchev–Trinajstić information content (AvgIpc) is 3.29. The normalized spacial score (nSPS) is 33.0. The van der Waals surface area contributed by atoms with Crippen LogP contribution in [0.3, 0.4) is 0 Å². The zero-order chi connectivity index (χ0) is 16.7. The highest BCUT2D eigenvalue weighted by atomic mass is 16.5. The van der Waals surface area contributed by atoms with Gasteiger partial charge in [0.05, 0.1) is 6.10 Å². The smallest absolute Gasteiger partial charge is 0.134 e. The second-order valence-corrected chi connectivity index (χ2v) is 8.04. The lowest BCUT2D eigenvalue weighted by Crippen LogP contribution is -2.48. The van der Waals surface area contributed by atoms with E-state index in [4.69, 9.17) is 10.5 Å². The summed E-state index contributed by atoms with van der Waals surface area (Å²) < 4.78 is 6.34. The minimum absolute atomic E-state index is 0.372. The SMILES string of the molecule is CN(C)[C@@H]1C[C@@H]2CN(c3cc(N)ncn3)C[C@@H]2C[C@H]1OCC1CC1. The van der Waals surface area contributed by atoms with Crippen LogP contribution in [0.1, 0.15) is 25.7 Å². The topological polar surface area (TPSA) is 67.5 Å². The summed E-state index contributed by atoms with van der Waals surface area (Å²) in [5, 5.41) is 0. The fourth-order valence-electron chi connectivity index (χ4n) is 4.38. The van der Waals surface area contributed by atoms with E-state index in [1.807, 2.05) is 6.07 Å². The lowest BCUT2D eigenvalue weighted by Gasteiger charge is -2.41. The molecule has 2 saturated carbocycles. The third-order valence-corrected chi connectivity index (χ3v) is 5.99. The van der Waals surface area contributed by atoms with Crippen molar-refractivity contribution < 1.29 is 4.74 Å². The van der Waals surface area contributed by atoms with Crippen LogP contribution in [0.2, 0.25) is 0 Å². The molecule has 1 aromatic rings. The Morgan fingerprint density at radius 2 is 1.96 bits per heavy atom. The highest BCUT2D eigenvalue weighted by molar-refractivity contribution is 5.47. The summed E-state index contributed by atoms with van der Waals surface area (Å²) in [6, 6.07) is 2.42. The van der Waals surface area contributed by atoms with E-state index >= 15 is 0 Å². The predicted molar refractivity (Wildman–Crippen MR) is 94.8 cm³/mol. The van der Waals surface area contributed by atoms with Crippen LogP contribution in [0.4, 0.5) is 11.6 Å². The summed E-state index contributed by atoms with van der Waals surface area (Å²) in [5.41, 5.74) is 5.83. The molecule has 0 amide bonds. The minimum Gasteiger partial charge on any atom is -0.384 e. The molecular weight excluding hydrogens is 302 g/mol. The van der Waals surface area contributed by atoms with Crippen LogP contribution < -0.4 is 10.6 Å². The maximum absolute atomic E-state index is 6.34. The van der Waals surface area contributed by atoms with Crippen molar-refractivity contribution in [1.82, 2.24) is 14.9 Å². The summed E-state index contributed by atoms with van der Waals surface area (Å²) in [7, 11) is 4.38. The molecule has 0 radical (unpaired) electrons. The van der Waals surface area contributed by atoms with Crippen LogP contribution in [0, 0.1) is 17.8 Å². The van der Waals surface area contributed by atoms with Crippen molar-refractivity contribution >= 4 is 11.6 Å². The number of nitrogens with two attached hydrogens (primary N) is 1. The van der Waals surface area contributed by atoms with Gasteiger partial charge in [-0.05, 0) is 57.5 Å². The Morgan fingerprint density at radius 3 is 2.62 bits per heavy atom. The van der Waals surface area contributed by atoms with Crippen LogP contribution in [0.15, 0.2) is 12.4 Å². The molecule has 0 aromatic carbocycles. The van der Waals surface area contributed by atoms with Crippen molar-refractivity contribution in [3.05, 3.63) is 12.4 Å². The lowest BCUT2D eigenvalue weighted by molar-refractivity contribution is -0.0493. The van der Waals surface area contributed by atoms with Crippen LogP contribution in [-0.4, -0.2) is 60.8 Å². The molecule has 1 aliphatic heterocycles. The van der Waals surface area contributed by atoms with Gasteiger partial charge in [0, 0.05) is 31.8 Å². The van der Waals surface area contributed by atoms with Gasteiger partial charge in [-0.15, -0.1) is 0 Å². The van der Waals surface area contributed by atoms with E-state index < -0.39 is 0 Å². The number of hydrogen-bond donors (Lipinski definition) is 1. The quantitative estimate of drug-likeness (QED) is 0.884. The van der Waals surface area contributed by atoms with Crippen molar-refractivity contribution in [3.8, 4) is 0 Å². The van der Waals surface area contributed by atoms with Gasteiger partial charge in [0.1, 0.15) is 18.0 Å². The third-order valence-electron chi connectivity index (χ3n) is 5.99. The first-order chi connectivity index (χ1) is 11.6. The molecule has 3 fully saturated rings. The fourth-order valence-corrected chi connectivity index (χ4v) is 4.38. The van der Waals surface area contributed by atoms with E-state index in [9.17, 15) is 0 Å². The summed E-state index contributed by atoms with van der Waals surface area (Å²) in [5.74, 6) is 3.76. The van der Waals surface area contributed by atoms with E-state index in [0.717, 1.165) is 43.8 Å². The molecule has 4 rings (SSSR count). The number of fused-ring (bicyclic) bond motifs is 1. The molecule has 0 unspecified atom stereocenters. The van der Waals surface area contributed by atoms with Crippen LogP contribution in [-0.2, 0) is 4.74 Å². The second-order valence-electron chi connectivity index (χ2n) is 8.04. The van der Waals surface area contributed by atoms with Crippen molar-refractivity contribution in [2.45, 2.75) is 37.8 Å². The first-order valence-corrected chi connectivity index (χ1v) is 9.20. The Kier molecular flexibility index (Phi) is 4.35. The van der Waals surface area contributed by atoms with E-state index in [2.05, 4.69) is 33.9 Å². The second kappa shape index (κ2) is 6.48. The van der Waals surface area contributed by atoms with E-state index in [-0.39, 0.29) is 0 Å². The summed E-state index contributed by atoms with van der Waals surface area (Å²) in [6.45, 7) is 3.09. The Hall–Kier alpha value is -1.40. The zero-order valence-corrected chi connectivity index (χ0v) is 14.8. The average molecular weight is 331 g/mol. The Balaban J connectivity index is 1.44. The van der Waals surface area contributed by atoms with Gasteiger partial charge in [-0.25, -0.2) is 9.97 Å². The zero-order valence-electron chi connectivity index (χ0n) is 14.8. The number of hydrogen-bond acceptors (Lipinski definition) is 6. The minimum atomic E-state index is 0.372. The van der Waals surface area contributed by atoms with Crippen LogP contribution in [0.5, 0.6) is 0 Å². The summed E-state index contributed by atoms with van der Waals surface area (Å²) in [4.78, 5) is 13.2. The number of aromatic nitrogens is 2. The first-order valence-electron chi connectivity index (χ1n) is 9.20. The van der Waals surface area contributed by atoms with E-state index in [0.29, 0.717) is 23.9 Å². The molecule has 24 heavy (non-hydrogen) atoms. The molecule has 2 N–H and O–H groups in total. The maximum Gasteiger partial charge on any atom is 0.134 e.